The molecule has 0 aromatic heterocycles. The molecule has 11 aromatic rings. The maximum Gasteiger partial charge on any atom is 0.335 e. The van der Waals surface area contributed by atoms with E-state index in [2.05, 4.69) is 243 Å². The van der Waals surface area contributed by atoms with Gasteiger partial charge in [0.15, 0.2) is 34.5 Å². The van der Waals surface area contributed by atoms with E-state index in [4.69, 9.17) is 40.9 Å². The fourth-order valence-corrected chi connectivity index (χ4v) is 17.3. The minimum absolute atomic E-state index is 0.0833. The smallest absolute Gasteiger partial charge is 0.335 e. The summed E-state index contributed by atoms with van der Waals surface area (Å²) < 4.78 is 0. The molecule has 0 atom stereocenters. The molecule has 0 saturated carbocycles. The molecule has 8 N–H and O–H groups in total. The van der Waals surface area contributed by atoms with E-state index in [1.807, 2.05) is 0 Å². The van der Waals surface area contributed by atoms with E-state index in [1.54, 1.807) is 0 Å². The van der Waals surface area contributed by atoms with Gasteiger partial charge in [0, 0.05) is 0 Å². The zero-order valence-corrected chi connectivity index (χ0v) is 44.9. The third-order valence-electron chi connectivity index (χ3n) is 12.5. The van der Waals surface area contributed by atoms with Crippen LogP contribution in [0.4, 0.5) is 0 Å². The van der Waals surface area contributed by atoms with Crippen LogP contribution in [0.2, 0.25) is 0 Å². The minimum Gasteiger partial charge on any atom is -0.504 e. The van der Waals surface area contributed by atoms with Gasteiger partial charge < -0.3 is 40.9 Å². The van der Waals surface area contributed by atoms with Gasteiger partial charge in [0.25, 0.3) is 0 Å². The number of phenols is 6. The van der Waals surface area contributed by atoms with Crippen LogP contribution in [0.25, 0.3) is 0 Å². The van der Waals surface area contributed by atoms with E-state index < -0.39 is 38.0 Å². The molecule has 11 aromatic carbocycles. The molecule has 11 rings (SSSR count). The Kier molecular flexibility index (Phi) is 20.5. The normalized spacial score (nSPS) is 10.5. The van der Waals surface area contributed by atoms with E-state index in [-0.39, 0.29) is 34.1 Å². The van der Waals surface area contributed by atoms with E-state index in [0.29, 0.717) is 0 Å². The Labute approximate surface area is 466 Å². The van der Waals surface area contributed by atoms with Gasteiger partial charge in [-0.3, -0.25) is 0 Å². The number of carboxylic acid groups (broad SMARTS) is 2. The Morgan fingerprint density at radius 3 is 0.487 bits per heavy atom. The fourth-order valence-electron chi connectivity index (χ4n) is 8.80. The van der Waals surface area contributed by atoms with Gasteiger partial charge in [-0.15, -0.1) is 0 Å². The molecular weight excluding hydrogens is 1040 g/mol. The number of carbonyl (C=O) groups is 2. The second-order valence-electron chi connectivity index (χ2n) is 17.5. The second-order valence-corrected chi connectivity index (χ2v) is 24.3. The number of carboxylic acids is 2. The maximum absolute atomic E-state index is 10.3. The summed E-state index contributed by atoms with van der Waals surface area (Å²) in [5.74, 6) is -4.32. The highest BCUT2D eigenvalue weighted by molar-refractivity contribution is 8.02. The van der Waals surface area contributed by atoms with Crippen molar-refractivity contribution in [1.29, 1.82) is 0 Å². The zero-order valence-electron chi connectivity index (χ0n) is 43.2. The molecule has 398 valence electrons. The van der Waals surface area contributed by atoms with E-state index in [1.165, 1.54) is 103 Å². The first-order valence-corrected chi connectivity index (χ1v) is 28.7. The van der Waals surface area contributed by atoms with Crippen molar-refractivity contribution >= 4 is 68.9 Å². The number of para-hydroxylation sites is 2. The summed E-state index contributed by atoms with van der Waals surface area (Å²) in [6, 6.07) is 101. The number of aromatic carboxylic acids is 2. The van der Waals surface area contributed by atoms with Gasteiger partial charge in [-0.05, 0) is 146 Å². The van der Waals surface area contributed by atoms with Crippen molar-refractivity contribution in [3.05, 3.63) is 314 Å². The predicted octanol–water partition coefficient (Wildman–Crippen LogP) is 11.3. The van der Waals surface area contributed by atoms with Crippen LogP contribution < -0.4 is 42.4 Å². The van der Waals surface area contributed by atoms with Crippen molar-refractivity contribution < 1.29 is 50.4 Å². The molecule has 12 heteroatoms. The van der Waals surface area contributed by atoms with Crippen LogP contribution in [0.15, 0.2) is 303 Å². The topological polar surface area (TPSA) is 196 Å². The molecule has 0 saturated heterocycles. The van der Waals surface area contributed by atoms with E-state index in [0.717, 1.165) is 0 Å². The second kappa shape index (κ2) is 28.4. The highest BCUT2D eigenvalue weighted by Crippen LogP contribution is 2.55. The van der Waals surface area contributed by atoms with Crippen LogP contribution in [0.5, 0.6) is 34.5 Å². The summed E-state index contributed by atoms with van der Waals surface area (Å²) in [6.45, 7) is 0. The first-order chi connectivity index (χ1) is 38.9. The standard InChI is InChI=1S/2C24H20P.C8H6O4.2C6H6O3/c2*1-5-13-21(14-6-1)25(22-15-7-2-8-16-22,23-17-9-3-10-18-23)24-19-11-4-12-20-24;9-7(10)5-1-2-6(4-3-5)8(11)12;2*7-4-2-1-3-5(8)6(4)9/h2*1-20H;1-4H,(H,9,10)(H,11,12);2*1-3,7-9H/q2*+1;;;. The Bertz CT molecular complexity index is 3030. The Morgan fingerprint density at radius 1 is 0.212 bits per heavy atom. The molecule has 0 heterocycles. The summed E-state index contributed by atoms with van der Waals surface area (Å²) in [5.41, 5.74) is 0.167. The van der Waals surface area contributed by atoms with Gasteiger partial charge in [0.05, 0.1) is 11.1 Å². The summed E-state index contributed by atoms with van der Waals surface area (Å²) in [4.78, 5) is 20.7. The number of benzene rings is 11. The average molecular weight is 1100 g/mol. The van der Waals surface area contributed by atoms with Gasteiger partial charge in [0.1, 0.15) is 57.0 Å². The molecular formula is C68H58O10P2+2. The molecule has 0 unspecified atom stereocenters. The van der Waals surface area contributed by atoms with Crippen molar-refractivity contribution in [1.82, 2.24) is 0 Å². The van der Waals surface area contributed by atoms with E-state index >= 15 is 0 Å². The van der Waals surface area contributed by atoms with Crippen LogP contribution in [0.1, 0.15) is 20.7 Å². The van der Waals surface area contributed by atoms with Crippen LogP contribution in [-0.4, -0.2) is 52.8 Å². The summed E-state index contributed by atoms with van der Waals surface area (Å²) in [6.07, 6.45) is 0. The van der Waals surface area contributed by atoms with Gasteiger partial charge >= 0.3 is 11.9 Å². The number of hydrogen-bond acceptors (Lipinski definition) is 8. The lowest BCUT2D eigenvalue weighted by Gasteiger charge is -2.27. The SMILES string of the molecule is O=C(O)c1ccc(C(=O)O)cc1.Oc1cccc(O)c1O.Oc1cccc(O)c1O.c1ccc([P+](c2ccccc2)(c2ccccc2)c2ccccc2)cc1.c1ccc([P+](c2ccccc2)(c2ccccc2)c2ccccc2)cc1. The van der Waals surface area contributed by atoms with Crippen molar-refractivity contribution in [2.45, 2.75) is 0 Å². The van der Waals surface area contributed by atoms with Gasteiger partial charge in [-0.25, -0.2) is 9.59 Å². The first-order valence-electron chi connectivity index (χ1n) is 25.1. The van der Waals surface area contributed by atoms with E-state index in [9.17, 15) is 9.59 Å². The van der Waals surface area contributed by atoms with Gasteiger partial charge in [0.2, 0.25) is 0 Å². The highest BCUT2D eigenvalue weighted by Gasteiger charge is 2.48. The van der Waals surface area contributed by atoms with Crippen molar-refractivity contribution in [3.63, 3.8) is 0 Å². The zero-order chi connectivity index (χ0) is 56.7. The number of aromatic hydroxyl groups is 6. The number of phenolic OH excluding ortho intramolecular Hbond substituents is 6. The lowest BCUT2D eigenvalue weighted by Crippen LogP contribution is -2.38. The van der Waals surface area contributed by atoms with Crippen LogP contribution >= 0.6 is 14.5 Å². The third-order valence-corrected chi connectivity index (χ3v) is 21.1. The molecule has 0 aliphatic rings. The quantitative estimate of drug-likeness (QED) is 0.0482. The average Bonchev–Trinajstić information content (AvgIpc) is 3.54. The Morgan fingerprint density at radius 2 is 0.362 bits per heavy atom. The number of rotatable bonds is 10. The summed E-state index contributed by atoms with van der Waals surface area (Å²) in [7, 11) is -3.81. The molecule has 0 aliphatic carbocycles. The minimum atomic E-state index is -1.91. The largest absolute Gasteiger partial charge is 0.504 e. The molecule has 0 aliphatic heterocycles. The Hall–Kier alpha value is -9.98. The molecule has 0 radical (unpaired) electrons. The van der Waals surface area contributed by atoms with Crippen LogP contribution in [0.3, 0.4) is 0 Å². The molecule has 10 nitrogen and oxygen atoms in total. The molecule has 0 spiro atoms. The predicted molar refractivity (Wildman–Crippen MR) is 326 cm³/mol. The van der Waals surface area contributed by atoms with Crippen LogP contribution in [0, 0.1) is 0 Å². The number of hydrogen-bond donors (Lipinski definition) is 8. The summed E-state index contributed by atoms with van der Waals surface area (Å²) >= 11 is 0. The molecule has 80 heavy (non-hydrogen) atoms. The summed E-state index contributed by atoms with van der Waals surface area (Å²) in [5, 5.41) is 80.2. The lowest BCUT2D eigenvalue weighted by molar-refractivity contribution is 0.0681. The van der Waals surface area contributed by atoms with Gasteiger partial charge in [-0.2, -0.15) is 0 Å². The fraction of sp³-hybridized carbons (Fsp3) is 0. The monoisotopic (exact) mass is 1100 g/mol. The van der Waals surface area contributed by atoms with Gasteiger partial charge in [-0.1, -0.05) is 158 Å². The highest BCUT2D eigenvalue weighted by atomic mass is 31.2. The van der Waals surface area contributed by atoms with Crippen molar-refractivity contribution in [3.8, 4) is 34.5 Å². The third kappa shape index (κ3) is 13.9. The van der Waals surface area contributed by atoms with Crippen LogP contribution in [-0.2, 0) is 0 Å². The van der Waals surface area contributed by atoms with Crippen molar-refractivity contribution in [2.75, 3.05) is 0 Å². The first kappa shape index (κ1) is 57.7. The van der Waals surface area contributed by atoms with Crippen molar-refractivity contribution in [2.24, 2.45) is 0 Å². The molecule has 0 bridgehead atoms. The molecule has 0 amide bonds. The Balaban J connectivity index is 0.000000156. The maximum atomic E-state index is 10.3. The molecule has 0 fully saturated rings. The lowest BCUT2D eigenvalue weighted by atomic mass is 10.1.